The van der Waals surface area contributed by atoms with Crippen LogP contribution in [0.1, 0.15) is 6.92 Å². The molecule has 0 saturated carbocycles. The van der Waals surface area contributed by atoms with Gasteiger partial charge in [-0.15, -0.1) is 0 Å². The van der Waals surface area contributed by atoms with Gasteiger partial charge in [0.05, 0.1) is 5.41 Å². The molecule has 0 bridgehead atoms. The van der Waals surface area contributed by atoms with Gasteiger partial charge in [-0.3, -0.25) is 0 Å². The molecule has 0 aliphatic heterocycles. The summed E-state index contributed by atoms with van der Waals surface area (Å²) in [7, 11) is 0. The molecule has 0 aromatic rings. The van der Waals surface area contributed by atoms with E-state index in [1.807, 2.05) is 0 Å². The van der Waals surface area contributed by atoms with Crippen LogP contribution in [0.3, 0.4) is 0 Å². The van der Waals surface area contributed by atoms with E-state index in [-0.39, 0.29) is 6.54 Å². The van der Waals surface area contributed by atoms with Crippen molar-refractivity contribution < 1.29 is 13.2 Å². The van der Waals surface area contributed by atoms with E-state index in [2.05, 4.69) is 0 Å². The van der Waals surface area contributed by atoms with Gasteiger partial charge in [0.15, 0.2) is 0 Å². The van der Waals surface area contributed by atoms with Crippen LogP contribution in [0.5, 0.6) is 0 Å². The van der Waals surface area contributed by atoms with Crippen LogP contribution in [0, 0.1) is 11.3 Å². The summed E-state index contributed by atoms with van der Waals surface area (Å²) in [5.41, 5.74) is 3.48. The molecule has 2 atom stereocenters. The van der Waals surface area contributed by atoms with Gasteiger partial charge < -0.3 is 5.73 Å². The molecule has 0 aromatic heterocycles. The van der Waals surface area contributed by atoms with E-state index in [4.69, 9.17) is 5.73 Å². The van der Waals surface area contributed by atoms with Gasteiger partial charge in [0.1, 0.15) is 0 Å². The Labute approximate surface area is 75.1 Å². The molecule has 13 heavy (non-hydrogen) atoms. The molecule has 2 N–H and O–H groups in total. The monoisotopic (exact) mass is 191 g/mol. The largest absolute Gasteiger partial charge is 0.398 e. The normalized spacial score (nSPS) is 33.8. The van der Waals surface area contributed by atoms with Gasteiger partial charge in [-0.25, -0.2) is 0 Å². The van der Waals surface area contributed by atoms with Gasteiger partial charge >= 0.3 is 6.18 Å². The van der Waals surface area contributed by atoms with E-state index in [0.29, 0.717) is 0 Å². The summed E-state index contributed by atoms with van der Waals surface area (Å²) in [5.74, 6) is -0.655. The number of allylic oxidation sites excluding steroid dienone is 3. The molecule has 0 aromatic carbocycles. The fraction of sp³-hybridized carbons (Fsp3) is 0.556. The number of hydrogen-bond donors (Lipinski definition) is 1. The maximum atomic E-state index is 12.6. The van der Waals surface area contributed by atoms with Gasteiger partial charge in [0.2, 0.25) is 0 Å². The Morgan fingerprint density at radius 3 is 2.38 bits per heavy atom. The first-order valence-corrected chi connectivity index (χ1v) is 4.04. The fourth-order valence-corrected chi connectivity index (χ4v) is 1.41. The second-order valence-electron chi connectivity index (χ2n) is 3.37. The molecular formula is C9H12F3N. The molecule has 0 radical (unpaired) electrons. The molecule has 1 aliphatic carbocycles. The maximum Gasteiger partial charge on any atom is 0.398 e. The molecule has 4 heteroatoms. The molecule has 0 amide bonds. The first-order valence-electron chi connectivity index (χ1n) is 4.04. The second kappa shape index (κ2) is 3.18. The first-order chi connectivity index (χ1) is 5.92. The lowest BCUT2D eigenvalue weighted by molar-refractivity contribution is -0.211. The molecule has 1 nitrogen and oxygen atoms in total. The van der Waals surface area contributed by atoms with Gasteiger partial charge in [0, 0.05) is 5.92 Å². The van der Waals surface area contributed by atoms with Crippen molar-refractivity contribution in [1.29, 1.82) is 0 Å². The minimum Gasteiger partial charge on any atom is -0.330 e. The first kappa shape index (κ1) is 10.3. The lowest BCUT2D eigenvalue weighted by atomic mass is 9.74. The molecule has 1 aliphatic rings. The van der Waals surface area contributed by atoms with Crippen molar-refractivity contribution in [2.24, 2.45) is 17.1 Å². The summed E-state index contributed by atoms with van der Waals surface area (Å²) < 4.78 is 37.9. The van der Waals surface area contributed by atoms with Crippen LogP contribution in [0.25, 0.3) is 0 Å². The molecule has 0 heterocycles. The third-order valence-corrected chi connectivity index (χ3v) is 2.53. The van der Waals surface area contributed by atoms with Crippen molar-refractivity contribution in [3.05, 3.63) is 24.3 Å². The molecular weight excluding hydrogens is 179 g/mol. The number of hydrogen-bond acceptors (Lipinski definition) is 1. The van der Waals surface area contributed by atoms with Crippen LogP contribution >= 0.6 is 0 Å². The zero-order valence-electron chi connectivity index (χ0n) is 7.31. The van der Waals surface area contributed by atoms with Crippen molar-refractivity contribution in [1.82, 2.24) is 0 Å². The van der Waals surface area contributed by atoms with Crippen LogP contribution in [0.4, 0.5) is 13.2 Å². The Morgan fingerprint density at radius 1 is 1.38 bits per heavy atom. The molecule has 1 rings (SSSR count). The minimum atomic E-state index is -4.24. The van der Waals surface area contributed by atoms with Crippen molar-refractivity contribution in [3.63, 3.8) is 0 Å². The Morgan fingerprint density at radius 2 is 2.00 bits per heavy atom. The van der Waals surface area contributed by atoms with Crippen molar-refractivity contribution in [2.45, 2.75) is 13.1 Å². The predicted molar refractivity (Wildman–Crippen MR) is 45.0 cm³/mol. The zero-order valence-corrected chi connectivity index (χ0v) is 7.31. The maximum absolute atomic E-state index is 12.6. The molecule has 0 spiro atoms. The Balaban J connectivity index is 3.00. The van der Waals surface area contributed by atoms with Crippen LogP contribution in [-0.4, -0.2) is 12.7 Å². The standard InChI is InChI=1S/C9H12F3N/c1-8(9(10,11)12)5-3-2-4-7(8)6-13/h2-5,7H,6,13H2,1H3/t7-,8+/m1/s1. The Bertz CT molecular complexity index is 242. The van der Waals surface area contributed by atoms with Crippen LogP contribution < -0.4 is 5.73 Å². The smallest absolute Gasteiger partial charge is 0.330 e. The van der Waals surface area contributed by atoms with Gasteiger partial charge in [0.25, 0.3) is 0 Å². The fourth-order valence-electron chi connectivity index (χ4n) is 1.41. The van der Waals surface area contributed by atoms with E-state index in [1.165, 1.54) is 25.2 Å². The average molecular weight is 191 g/mol. The highest BCUT2D eigenvalue weighted by molar-refractivity contribution is 5.21. The topological polar surface area (TPSA) is 26.0 Å². The number of nitrogens with two attached hydrogens (primary N) is 1. The Kier molecular flexibility index (Phi) is 2.52. The van der Waals surface area contributed by atoms with E-state index in [1.54, 1.807) is 6.08 Å². The number of halogens is 3. The van der Waals surface area contributed by atoms with Gasteiger partial charge in [-0.05, 0) is 13.5 Å². The van der Waals surface area contributed by atoms with Gasteiger partial charge in [-0.2, -0.15) is 13.2 Å². The summed E-state index contributed by atoms with van der Waals surface area (Å²) in [6, 6.07) is 0. The highest BCUT2D eigenvalue weighted by Crippen LogP contribution is 2.46. The SMILES string of the molecule is C[C@]1(C(F)(F)F)C=CC=C[C@@H]1CN. The lowest BCUT2D eigenvalue weighted by Crippen LogP contribution is -2.43. The predicted octanol–water partition coefficient (Wildman–Crippen LogP) is 2.26. The van der Waals surface area contributed by atoms with Crippen LogP contribution in [0.15, 0.2) is 24.3 Å². The highest BCUT2D eigenvalue weighted by Gasteiger charge is 2.53. The quantitative estimate of drug-likeness (QED) is 0.676. The summed E-state index contributed by atoms with van der Waals surface area (Å²) in [6.45, 7) is 1.18. The molecule has 0 fully saturated rings. The van der Waals surface area contributed by atoms with Crippen molar-refractivity contribution in [3.8, 4) is 0 Å². The van der Waals surface area contributed by atoms with Crippen LogP contribution in [-0.2, 0) is 0 Å². The third kappa shape index (κ3) is 1.63. The number of rotatable bonds is 1. The Hall–Kier alpha value is -0.770. The highest BCUT2D eigenvalue weighted by atomic mass is 19.4. The summed E-state index contributed by atoms with van der Waals surface area (Å²) >= 11 is 0. The van der Waals surface area contributed by atoms with E-state index in [0.717, 1.165) is 0 Å². The summed E-state index contributed by atoms with van der Waals surface area (Å²) in [6.07, 6.45) is 1.46. The van der Waals surface area contributed by atoms with E-state index >= 15 is 0 Å². The van der Waals surface area contributed by atoms with Crippen LogP contribution in [0.2, 0.25) is 0 Å². The minimum absolute atomic E-state index is 0.0108. The average Bonchev–Trinajstić information content (AvgIpc) is 2.03. The van der Waals surface area contributed by atoms with Crippen molar-refractivity contribution in [2.75, 3.05) is 6.54 Å². The lowest BCUT2D eigenvalue weighted by Gasteiger charge is -2.36. The van der Waals surface area contributed by atoms with E-state index < -0.39 is 17.5 Å². The van der Waals surface area contributed by atoms with E-state index in [9.17, 15) is 13.2 Å². The molecule has 0 unspecified atom stereocenters. The number of alkyl halides is 3. The molecule has 74 valence electrons. The zero-order chi connectivity index (χ0) is 10.1. The summed E-state index contributed by atoms with van der Waals surface area (Å²) in [5, 5.41) is 0. The van der Waals surface area contributed by atoms with Gasteiger partial charge in [-0.1, -0.05) is 24.3 Å². The van der Waals surface area contributed by atoms with Crippen molar-refractivity contribution >= 4 is 0 Å². The summed E-state index contributed by atoms with van der Waals surface area (Å²) in [4.78, 5) is 0. The third-order valence-electron chi connectivity index (χ3n) is 2.53. The molecule has 0 saturated heterocycles. The second-order valence-corrected chi connectivity index (χ2v) is 3.37.